The summed E-state index contributed by atoms with van der Waals surface area (Å²) in [6.07, 6.45) is 6.16. The van der Waals surface area contributed by atoms with Gasteiger partial charge in [0.2, 0.25) is 0 Å². The number of piperidine rings is 1. The van der Waals surface area contributed by atoms with Crippen LogP contribution in [0.15, 0.2) is 54.1 Å². The van der Waals surface area contributed by atoms with E-state index in [2.05, 4.69) is 41.3 Å². The van der Waals surface area contributed by atoms with Crippen molar-refractivity contribution in [3.05, 3.63) is 70.8 Å². The highest BCUT2D eigenvalue weighted by Crippen LogP contribution is 2.36. The van der Waals surface area contributed by atoms with Gasteiger partial charge in [0.25, 0.3) is 0 Å². The van der Waals surface area contributed by atoms with Gasteiger partial charge in [-0.2, -0.15) is 0 Å². The van der Waals surface area contributed by atoms with Crippen LogP contribution in [0, 0.1) is 5.92 Å². The number of methoxy groups -OCH3 is 2. The van der Waals surface area contributed by atoms with Crippen LogP contribution in [-0.2, 0) is 13.0 Å². The quantitative estimate of drug-likeness (QED) is 0.694. The monoisotopic (exact) mass is 391 g/mol. The molecule has 2 aliphatic rings. The van der Waals surface area contributed by atoms with E-state index in [1.165, 1.54) is 5.56 Å². The third-order valence-electron chi connectivity index (χ3n) is 6.13. The number of Topliss-reactive ketones (excluding diaryl/α,β-unsaturated/α-hetero) is 1. The predicted molar refractivity (Wildman–Crippen MR) is 115 cm³/mol. The van der Waals surface area contributed by atoms with Crippen molar-refractivity contribution in [2.45, 2.75) is 32.2 Å². The maximum Gasteiger partial charge on any atom is 0.189 e. The fraction of sp³-hybridized carbons (Fsp3) is 0.400. The molecule has 0 bridgehead atoms. The standard InChI is InChI=1S/C25H29NO3/c1-28-23-15-20-8-9-21(25(27)22(20)16-24(23)29-2)14-18-10-12-26(13-11-18)17-19-6-4-3-5-7-19/h3-7,14-16,18H,8-13,17H2,1-2H3. The maximum absolute atomic E-state index is 13.1. The van der Waals surface area contributed by atoms with Crippen molar-refractivity contribution in [3.63, 3.8) is 0 Å². The van der Waals surface area contributed by atoms with Crippen molar-refractivity contribution >= 4 is 5.78 Å². The third-order valence-corrected chi connectivity index (χ3v) is 6.13. The number of nitrogens with zero attached hydrogens (tertiary/aromatic N) is 1. The first kappa shape index (κ1) is 19.7. The molecule has 0 radical (unpaired) electrons. The van der Waals surface area contributed by atoms with Gasteiger partial charge in [0.15, 0.2) is 17.3 Å². The van der Waals surface area contributed by atoms with E-state index < -0.39 is 0 Å². The number of rotatable bonds is 5. The molecule has 1 saturated heterocycles. The van der Waals surface area contributed by atoms with Crippen LogP contribution in [-0.4, -0.2) is 38.0 Å². The average Bonchev–Trinajstić information content (AvgIpc) is 2.77. The lowest BCUT2D eigenvalue weighted by Gasteiger charge is -2.31. The number of hydrogen-bond donors (Lipinski definition) is 0. The molecule has 0 aromatic heterocycles. The summed E-state index contributed by atoms with van der Waals surface area (Å²) in [6.45, 7) is 3.18. The zero-order chi connectivity index (χ0) is 20.2. The second-order valence-electron chi connectivity index (χ2n) is 7.98. The van der Waals surface area contributed by atoms with E-state index in [0.29, 0.717) is 17.4 Å². The first-order chi connectivity index (χ1) is 14.2. The van der Waals surface area contributed by atoms with Crippen LogP contribution in [0.5, 0.6) is 11.5 Å². The third kappa shape index (κ3) is 4.38. The molecule has 0 atom stereocenters. The molecule has 1 aliphatic heterocycles. The van der Waals surface area contributed by atoms with Gasteiger partial charge in [-0.25, -0.2) is 0 Å². The van der Waals surface area contributed by atoms with Gasteiger partial charge in [-0.15, -0.1) is 0 Å². The highest BCUT2D eigenvalue weighted by atomic mass is 16.5. The number of carbonyl (C=O) groups excluding carboxylic acids is 1. The highest BCUT2D eigenvalue weighted by molar-refractivity contribution is 6.11. The molecule has 0 unspecified atom stereocenters. The van der Waals surface area contributed by atoms with Crippen LogP contribution in [0.1, 0.15) is 40.7 Å². The SMILES string of the molecule is COc1cc2c(cc1OC)C(=O)C(=CC1CCN(Cc3ccccc3)CC1)CC2. The molecule has 0 amide bonds. The predicted octanol–water partition coefficient (Wildman–Crippen LogP) is 4.67. The Bertz CT molecular complexity index is 896. The van der Waals surface area contributed by atoms with Gasteiger partial charge in [-0.3, -0.25) is 9.69 Å². The molecule has 4 heteroatoms. The number of ether oxygens (including phenoxy) is 2. The van der Waals surface area contributed by atoms with Crippen molar-refractivity contribution in [1.82, 2.24) is 4.90 Å². The number of carbonyl (C=O) groups is 1. The summed E-state index contributed by atoms with van der Waals surface area (Å²) in [5.74, 6) is 1.95. The molecule has 2 aromatic carbocycles. The molecule has 1 aliphatic carbocycles. The van der Waals surface area contributed by atoms with Crippen LogP contribution < -0.4 is 9.47 Å². The Morgan fingerprint density at radius 2 is 1.69 bits per heavy atom. The first-order valence-corrected chi connectivity index (χ1v) is 10.4. The van der Waals surface area contributed by atoms with Gasteiger partial charge in [0.1, 0.15) is 0 Å². The van der Waals surface area contributed by atoms with Crippen molar-refractivity contribution in [2.75, 3.05) is 27.3 Å². The van der Waals surface area contributed by atoms with Gasteiger partial charge in [-0.1, -0.05) is 36.4 Å². The molecule has 4 nitrogen and oxygen atoms in total. The minimum Gasteiger partial charge on any atom is -0.493 e. The van der Waals surface area contributed by atoms with Crippen molar-refractivity contribution in [2.24, 2.45) is 5.92 Å². The van der Waals surface area contributed by atoms with Crippen molar-refractivity contribution < 1.29 is 14.3 Å². The fourth-order valence-electron chi connectivity index (χ4n) is 4.46. The largest absolute Gasteiger partial charge is 0.493 e. The van der Waals surface area contributed by atoms with Gasteiger partial charge < -0.3 is 9.47 Å². The Kier molecular flexibility index (Phi) is 6.00. The molecule has 0 saturated carbocycles. The lowest BCUT2D eigenvalue weighted by molar-refractivity contribution is 0.102. The lowest BCUT2D eigenvalue weighted by Crippen LogP contribution is -2.33. The minimum atomic E-state index is 0.152. The molecule has 4 rings (SSSR count). The Morgan fingerprint density at radius 1 is 1.00 bits per heavy atom. The highest BCUT2D eigenvalue weighted by Gasteiger charge is 2.26. The molecular weight excluding hydrogens is 362 g/mol. The van der Waals surface area contributed by atoms with Gasteiger partial charge in [-0.05, 0) is 73.5 Å². The number of aryl methyl sites for hydroxylation is 1. The van der Waals surface area contributed by atoms with Gasteiger partial charge >= 0.3 is 0 Å². The molecule has 0 spiro atoms. The molecule has 1 heterocycles. The van der Waals surface area contributed by atoms with Crippen LogP contribution >= 0.6 is 0 Å². The van der Waals surface area contributed by atoms with E-state index in [-0.39, 0.29) is 5.78 Å². The summed E-state index contributed by atoms with van der Waals surface area (Å²) in [5.41, 5.74) is 4.16. The first-order valence-electron chi connectivity index (χ1n) is 10.4. The summed E-state index contributed by atoms with van der Waals surface area (Å²) in [5, 5.41) is 0. The molecular formula is C25H29NO3. The topological polar surface area (TPSA) is 38.8 Å². The second kappa shape index (κ2) is 8.83. The summed E-state index contributed by atoms with van der Waals surface area (Å²) < 4.78 is 10.8. The molecule has 2 aromatic rings. The number of hydrogen-bond acceptors (Lipinski definition) is 4. The Balaban J connectivity index is 1.42. The van der Waals surface area contributed by atoms with Crippen LogP contribution in [0.4, 0.5) is 0 Å². The molecule has 0 N–H and O–H groups in total. The summed E-state index contributed by atoms with van der Waals surface area (Å²) in [7, 11) is 3.24. The zero-order valence-corrected chi connectivity index (χ0v) is 17.3. The van der Waals surface area contributed by atoms with E-state index >= 15 is 0 Å². The van der Waals surface area contributed by atoms with Gasteiger partial charge in [0, 0.05) is 12.1 Å². The van der Waals surface area contributed by atoms with Crippen LogP contribution in [0.3, 0.4) is 0 Å². The van der Waals surface area contributed by atoms with Crippen molar-refractivity contribution in [1.29, 1.82) is 0 Å². The van der Waals surface area contributed by atoms with Crippen LogP contribution in [0.25, 0.3) is 0 Å². The van der Waals surface area contributed by atoms with E-state index in [4.69, 9.17) is 9.47 Å². The molecule has 1 fully saturated rings. The number of allylic oxidation sites excluding steroid dienone is 2. The zero-order valence-electron chi connectivity index (χ0n) is 17.3. The second-order valence-corrected chi connectivity index (χ2v) is 7.98. The Morgan fingerprint density at radius 3 is 2.38 bits per heavy atom. The summed E-state index contributed by atoms with van der Waals surface area (Å²) in [6, 6.07) is 14.4. The van der Waals surface area contributed by atoms with E-state index in [0.717, 1.165) is 62.0 Å². The summed E-state index contributed by atoms with van der Waals surface area (Å²) in [4.78, 5) is 15.6. The Labute approximate surface area is 173 Å². The van der Waals surface area contributed by atoms with Crippen molar-refractivity contribution in [3.8, 4) is 11.5 Å². The molecule has 152 valence electrons. The number of likely N-dealkylation sites (tertiary alicyclic amines) is 1. The van der Waals surface area contributed by atoms with E-state index in [1.807, 2.05) is 12.1 Å². The number of benzene rings is 2. The normalized spacial score (nSPS) is 19.2. The number of ketones is 1. The number of fused-ring (bicyclic) bond motifs is 1. The molecule has 29 heavy (non-hydrogen) atoms. The lowest BCUT2D eigenvalue weighted by atomic mass is 9.83. The minimum absolute atomic E-state index is 0.152. The van der Waals surface area contributed by atoms with E-state index in [9.17, 15) is 4.79 Å². The fourth-order valence-corrected chi connectivity index (χ4v) is 4.46. The summed E-state index contributed by atoms with van der Waals surface area (Å²) >= 11 is 0. The maximum atomic E-state index is 13.1. The smallest absolute Gasteiger partial charge is 0.189 e. The van der Waals surface area contributed by atoms with Gasteiger partial charge in [0.05, 0.1) is 14.2 Å². The van der Waals surface area contributed by atoms with Crippen LogP contribution in [0.2, 0.25) is 0 Å². The average molecular weight is 392 g/mol. The van der Waals surface area contributed by atoms with E-state index in [1.54, 1.807) is 14.2 Å². The Hall–Kier alpha value is -2.59.